The number of fused-ring (bicyclic) bond motifs is 1. The number of hydrogen-bond donors (Lipinski definition) is 1. The molecule has 1 unspecified atom stereocenters. The minimum atomic E-state index is -0.788. The maximum Gasteiger partial charge on any atom is 0.227 e. The third-order valence-electron chi connectivity index (χ3n) is 5.79. The van der Waals surface area contributed by atoms with Gasteiger partial charge in [-0.05, 0) is 40.7 Å². The van der Waals surface area contributed by atoms with Crippen LogP contribution in [0.3, 0.4) is 0 Å². The number of carbonyl (C=O) groups is 1. The molecule has 3 saturated heterocycles. The highest BCUT2D eigenvalue weighted by molar-refractivity contribution is 5.84. The summed E-state index contributed by atoms with van der Waals surface area (Å²) in [5.41, 5.74) is 0.815. The monoisotopic (exact) mass is 421 g/mol. The van der Waals surface area contributed by atoms with Crippen molar-refractivity contribution in [3.63, 3.8) is 0 Å². The van der Waals surface area contributed by atoms with Crippen LogP contribution in [0.5, 0.6) is 5.75 Å². The molecule has 0 bridgehead atoms. The van der Waals surface area contributed by atoms with Gasteiger partial charge in [0, 0.05) is 5.56 Å². The zero-order chi connectivity index (χ0) is 21.7. The van der Waals surface area contributed by atoms with E-state index in [1.54, 1.807) is 7.11 Å². The normalized spacial score (nSPS) is 35.1. The smallest absolute Gasteiger partial charge is 0.227 e. The van der Waals surface area contributed by atoms with Crippen molar-refractivity contribution in [1.29, 1.82) is 0 Å². The van der Waals surface area contributed by atoms with E-state index >= 15 is 0 Å². The van der Waals surface area contributed by atoms with Gasteiger partial charge in [-0.3, -0.25) is 4.79 Å². The number of ether oxygens (including phenoxy) is 6. The first-order chi connectivity index (χ1) is 14.1. The molecule has 8 nitrogen and oxygen atoms in total. The van der Waals surface area contributed by atoms with Gasteiger partial charge in [-0.1, -0.05) is 18.2 Å². The summed E-state index contributed by atoms with van der Waals surface area (Å²) in [6, 6.07) is 7.07. The van der Waals surface area contributed by atoms with E-state index in [0.717, 1.165) is 5.56 Å². The van der Waals surface area contributed by atoms with Crippen LogP contribution in [-0.4, -0.2) is 61.8 Å². The molecule has 3 heterocycles. The molecule has 4 rings (SSSR count). The second-order valence-corrected chi connectivity index (χ2v) is 8.93. The minimum absolute atomic E-state index is 0.148. The molecule has 0 aromatic heterocycles. The molecule has 0 radical (unpaired) electrons. The van der Waals surface area contributed by atoms with Gasteiger partial charge in [0.2, 0.25) is 5.91 Å². The molecule has 1 aromatic carbocycles. The van der Waals surface area contributed by atoms with E-state index in [4.69, 9.17) is 28.4 Å². The van der Waals surface area contributed by atoms with Crippen molar-refractivity contribution in [2.45, 2.75) is 82.8 Å². The maximum absolute atomic E-state index is 13.2. The van der Waals surface area contributed by atoms with Crippen molar-refractivity contribution in [2.24, 2.45) is 0 Å². The molecule has 8 heteroatoms. The predicted molar refractivity (Wildman–Crippen MR) is 107 cm³/mol. The van der Waals surface area contributed by atoms with Crippen LogP contribution in [0.25, 0.3) is 0 Å². The lowest BCUT2D eigenvalue weighted by molar-refractivity contribution is -0.223. The van der Waals surface area contributed by atoms with E-state index in [1.807, 2.05) is 58.9 Å². The van der Waals surface area contributed by atoms with Crippen LogP contribution in [0.15, 0.2) is 24.3 Å². The number of carbonyl (C=O) groups excluding carboxylic acids is 1. The van der Waals surface area contributed by atoms with E-state index < -0.39 is 42.0 Å². The molecule has 3 aliphatic rings. The fraction of sp³-hybridized carbons (Fsp3) is 0.682. The largest absolute Gasteiger partial charge is 0.496 e. The van der Waals surface area contributed by atoms with Gasteiger partial charge in [-0.2, -0.15) is 0 Å². The first-order valence-corrected chi connectivity index (χ1v) is 10.4. The first-order valence-electron chi connectivity index (χ1n) is 10.4. The van der Waals surface area contributed by atoms with Gasteiger partial charge in [-0.15, -0.1) is 0 Å². The Hall–Kier alpha value is -1.71. The maximum atomic E-state index is 13.2. The minimum Gasteiger partial charge on any atom is -0.496 e. The summed E-state index contributed by atoms with van der Waals surface area (Å²) < 4.78 is 35.3. The van der Waals surface area contributed by atoms with Crippen molar-refractivity contribution in [3.05, 3.63) is 29.8 Å². The van der Waals surface area contributed by atoms with Gasteiger partial charge in [0.05, 0.1) is 25.7 Å². The third kappa shape index (κ3) is 4.07. The number of nitrogens with one attached hydrogen (secondary N) is 1. The summed E-state index contributed by atoms with van der Waals surface area (Å²) >= 11 is 0. The molecule has 1 aromatic rings. The summed E-state index contributed by atoms with van der Waals surface area (Å²) in [6.07, 6.45) is -1.81. The quantitative estimate of drug-likeness (QED) is 0.781. The molecule has 6 atom stereocenters. The number of benzene rings is 1. The van der Waals surface area contributed by atoms with Crippen LogP contribution in [0.2, 0.25) is 0 Å². The van der Waals surface area contributed by atoms with E-state index in [0.29, 0.717) is 12.4 Å². The highest BCUT2D eigenvalue weighted by atomic mass is 16.8. The predicted octanol–water partition coefficient (Wildman–Crippen LogP) is 2.31. The average Bonchev–Trinajstić information content (AvgIpc) is 3.30. The van der Waals surface area contributed by atoms with Crippen molar-refractivity contribution in [2.75, 3.05) is 13.7 Å². The van der Waals surface area contributed by atoms with Crippen LogP contribution in [0, 0.1) is 0 Å². The molecule has 1 amide bonds. The van der Waals surface area contributed by atoms with E-state index in [1.165, 1.54) is 0 Å². The summed E-state index contributed by atoms with van der Waals surface area (Å²) in [6.45, 7) is 9.60. The van der Waals surface area contributed by atoms with Gasteiger partial charge < -0.3 is 33.7 Å². The van der Waals surface area contributed by atoms with E-state index in [-0.39, 0.29) is 12.0 Å². The SMILES string of the molecule is COc1ccccc1C(C)C(=O)N[C@H]1[C@H]2OC(C)(C)O[C@H]2O[C@@H]1[C@H]1COC(C)(C)O1. The Morgan fingerprint density at radius 2 is 1.83 bits per heavy atom. The van der Waals surface area contributed by atoms with Crippen molar-refractivity contribution in [1.82, 2.24) is 5.32 Å². The van der Waals surface area contributed by atoms with Crippen LogP contribution >= 0.6 is 0 Å². The van der Waals surface area contributed by atoms with Crippen molar-refractivity contribution in [3.8, 4) is 5.75 Å². The number of methoxy groups -OCH3 is 1. The molecular formula is C22H31NO7. The Bertz CT molecular complexity index is 795. The molecule has 3 fully saturated rings. The zero-order valence-corrected chi connectivity index (χ0v) is 18.3. The molecular weight excluding hydrogens is 390 g/mol. The Morgan fingerprint density at radius 1 is 1.10 bits per heavy atom. The average molecular weight is 421 g/mol. The fourth-order valence-corrected chi connectivity index (χ4v) is 4.35. The summed E-state index contributed by atoms with van der Waals surface area (Å²) in [5, 5.41) is 3.13. The highest BCUT2D eigenvalue weighted by Crippen LogP contribution is 2.41. The molecule has 0 spiro atoms. The second kappa shape index (κ2) is 7.76. The molecule has 0 aliphatic carbocycles. The molecule has 166 valence electrons. The van der Waals surface area contributed by atoms with Crippen LogP contribution in [-0.2, 0) is 28.5 Å². The van der Waals surface area contributed by atoms with Crippen molar-refractivity contribution >= 4 is 5.91 Å². The van der Waals surface area contributed by atoms with Gasteiger partial charge >= 0.3 is 0 Å². The topological polar surface area (TPSA) is 84.5 Å². The first kappa shape index (κ1) is 21.5. The Kier molecular flexibility index (Phi) is 5.57. The Morgan fingerprint density at radius 3 is 2.50 bits per heavy atom. The van der Waals surface area contributed by atoms with Crippen LogP contribution < -0.4 is 10.1 Å². The number of hydrogen-bond acceptors (Lipinski definition) is 7. The van der Waals surface area contributed by atoms with E-state index in [9.17, 15) is 4.79 Å². The zero-order valence-electron chi connectivity index (χ0n) is 18.3. The van der Waals surface area contributed by atoms with Crippen molar-refractivity contribution < 1.29 is 33.2 Å². The highest BCUT2D eigenvalue weighted by Gasteiger charge is 2.58. The lowest BCUT2D eigenvalue weighted by atomic mass is 9.97. The standard InChI is InChI=1S/C22H31NO7/c1-12(13-9-7-8-10-14(13)25-6)19(24)23-16-17(15-11-26-21(2,3)28-15)27-20-18(16)29-22(4,5)30-20/h7-10,12,15-18,20H,11H2,1-6H3,(H,23,24)/t12?,15-,16-,17-,18-,20-/m1/s1. The van der Waals surface area contributed by atoms with Crippen LogP contribution in [0.4, 0.5) is 0 Å². The van der Waals surface area contributed by atoms with Gasteiger partial charge in [0.15, 0.2) is 17.9 Å². The van der Waals surface area contributed by atoms with Gasteiger partial charge in [-0.25, -0.2) is 0 Å². The lowest BCUT2D eigenvalue weighted by Gasteiger charge is -2.30. The second-order valence-electron chi connectivity index (χ2n) is 8.93. The number of para-hydroxylation sites is 1. The fourth-order valence-electron chi connectivity index (χ4n) is 4.35. The molecule has 30 heavy (non-hydrogen) atoms. The van der Waals surface area contributed by atoms with Crippen LogP contribution in [0.1, 0.15) is 46.1 Å². The number of rotatable bonds is 5. The van der Waals surface area contributed by atoms with Gasteiger partial charge in [0.1, 0.15) is 24.1 Å². The molecule has 0 saturated carbocycles. The summed E-state index contributed by atoms with van der Waals surface area (Å²) in [5.74, 6) is -1.39. The third-order valence-corrected chi connectivity index (χ3v) is 5.79. The number of amides is 1. The lowest BCUT2D eigenvalue weighted by Crippen LogP contribution is -2.53. The van der Waals surface area contributed by atoms with Gasteiger partial charge in [0.25, 0.3) is 0 Å². The Labute approximate surface area is 177 Å². The summed E-state index contributed by atoms with van der Waals surface area (Å²) in [7, 11) is 1.60. The molecule has 1 N–H and O–H groups in total. The van der Waals surface area contributed by atoms with E-state index in [2.05, 4.69) is 5.32 Å². The molecule has 3 aliphatic heterocycles. The Balaban J connectivity index is 1.54. The summed E-state index contributed by atoms with van der Waals surface area (Å²) in [4.78, 5) is 13.2.